The molecule has 2 aliphatic rings. The van der Waals surface area contributed by atoms with Gasteiger partial charge in [0.25, 0.3) is 0 Å². The van der Waals surface area contributed by atoms with Gasteiger partial charge in [0.2, 0.25) is 5.91 Å². The second-order valence-corrected chi connectivity index (χ2v) is 4.42. The molecule has 2 rings (SSSR count). The Bertz CT molecular complexity index is 287. The fourth-order valence-corrected chi connectivity index (χ4v) is 2.20. The molecule has 2 fully saturated rings. The first-order chi connectivity index (χ1) is 7.13. The van der Waals surface area contributed by atoms with Crippen LogP contribution in [0.3, 0.4) is 0 Å². The number of carboxylic acids is 1. The number of rotatable bonds is 4. The van der Waals surface area contributed by atoms with Gasteiger partial charge < -0.3 is 15.1 Å². The summed E-state index contributed by atoms with van der Waals surface area (Å²) in [7, 11) is 0. The summed E-state index contributed by atoms with van der Waals surface area (Å²) in [5, 5.41) is 18.0. The molecule has 15 heavy (non-hydrogen) atoms. The summed E-state index contributed by atoms with van der Waals surface area (Å²) in [5.74, 6) is -1.00. The van der Waals surface area contributed by atoms with E-state index < -0.39 is 12.0 Å². The number of hydrogen-bond donors (Lipinski definition) is 2. The Morgan fingerprint density at radius 2 is 2.20 bits per heavy atom. The second kappa shape index (κ2) is 3.81. The molecular formula is C10H15NO4. The summed E-state index contributed by atoms with van der Waals surface area (Å²) in [6.45, 7) is 0.349. The first-order valence-corrected chi connectivity index (χ1v) is 5.26. The minimum Gasteiger partial charge on any atom is -0.480 e. The quantitative estimate of drug-likeness (QED) is 0.671. The van der Waals surface area contributed by atoms with E-state index in [0.717, 1.165) is 12.8 Å². The summed E-state index contributed by atoms with van der Waals surface area (Å²) < 4.78 is 0. The molecule has 1 aliphatic carbocycles. The van der Waals surface area contributed by atoms with Crippen LogP contribution in [0.5, 0.6) is 0 Å². The van der Waals surface area contributed by atoms with Crippen molar-refractivity contribution in [3.8, 4) is 0 Å². The maximum Gasteiger partial charge on any atom is 0.326 e. The van der Waals surface area contributed by atoms with Crippen molar-refractivity contribution in [3.05, 3.63) is 0 Å². The van der Waals surface area contributed by atoms with Crippen LogP contribution < -0.4 is 0 Å². The van der Waals surface area contributed by atoms with E-state index in [9.17, 15) is 9.59 Å². The van der Waals surface area contributed by atoms with Gasteiger partial charge in [0.1, 0.15) is 6.04 Å². The van der Waals surface area contributed by atoms with E-state index in [0.29, 0.717) is 6.54 Å². The lowest BCUT2D eigenvalue weighted by Gasteiger charge is -2.24. The molecule has 0 aromatic carbocycles. The molecule has 2 N–H and O–H groups in total. The average Bonchev–Trinajstić information content (AvgIpc) is 2.92. The monoisotopic (exact) mass is 213 g/mol. The Kier molecular flexibility index (Phi) is 2.65. The number of carbonyl (C=O) groups excluding carboxylic acids is 1. The molecule has 0 aromatic heterocycles. The summed E-state index contributed by atoms with van der Waals surface area (Å²) >= 11 is 0. The molecule has 2 atom stereocenters. The van der Waals surface area contributed by atoms with Crippen LogP contribution in [0.15, 0.2) is 0 Å². The number of carbonyl (C=O) groups is 2. The molecule has 0 aromatic rings. The zero-order chi connectivity index (χ0) is 11.0. The third kappa shape index (κ3) is 1.97. The van der Waals surface area contributed by atoms with Gasteiger partial charge in [-0.3, -0.25) is 4.79 Å². The third-order valence-corrected chi connectivity index (χ3v) is 3.15. The zero-order valence-electron chi connectivity index (χ0n) is 8.43. The van der Waals surface area contributed by atoms with Crippen LogP contribution in [0.25, 0.3) is 0 Å². The van der Waals surface area contributed by atoms with E-state index in [1.54, 1.807) is 0 Å². The Morgan fingerprint density at radius 3 is 2.60 bits per heavy atom. The fraction of sp³-hybridized carbons (Fsp3) is 0.800. The molecule has 1 heterocycles. The zero-order valence-corrected chi connectivity index (χ0v) is 8.43. The summed E-state index contributed by atoms with van der Waals surface area (Å²) in [6, 6.07) is -0.658. The highest BCUT2D eigenvalue weighted by atomic mass is 16.4. The lowest BCUT2D eigenvalue weighted by Crippen LogP contribution is -2.43. The first kappa shape index (κ1) is 10.4. The van der Waals surface area contributed by atoms with Crippen LogP contribution in [0.4, 0.5) is 0 Å². The maximum atomic E-state index is 11.6. The number of aliphatic carboxylic acids is 1. The summed E-state index contributed by atoms with van der Waals surface area (Å²) in [4.78, 5) is 24.1. The van der Waals surface area contributed by atoms with E-state index in [4.69, 9.17) is 10.2 Å². The molecule has 0 spiro atoms. The van der Waals surface area contributed by atoms with Gasteiger partial charge in [-0.05, 0) is 18.8 Å². The number of hydrogen-bond acceptors (Lipinski definition) is 3. The molecule has 5 nitrogen and oxygen atoms in total. The SMILES string of the molecule is O=C(O)[C@H](C1CC1)N1CC(CO)CC1=O. The third-order valence-electron chi connectivity index (χ3n) is 3.15. The maximum absolute atomic E-state index is 11.6. The molecule has 5 heteroatoms. The van der Waals surface area contributed by atoms with Gasteiger partial charge >= 0.3 is 5.97 Å². The van der Waals surface area contributed by atoms with Crippen molar-refractivity contribution in [2.24, 2.45) is 11.8 Å². The largest absolute Gasteiger partial charge is 0.480 e. The Labute approximate surface area is 87.7 Å². The van der Waals surface area contributed by atoms with Gasteiger partial charge in [-0.25, -0.2) is 4.79 Å². The molecule has 84 valence electrons. The van der Waals surface area contributed by atoms with E-state index in [1.165, 1.54) is 4.90 Å². The normalized spacial score (nSPS) is 28.2. The van der Waals surface area contributed by atoms with Crippen molar-refractivity contribution in [1.82, 2.24) is 4.90 Å². The van der Waals surface area contributed by atoms with Gasteiger partial charge in [0.15, 0.2) is 0 Å². The average molecular weight is 213 g/mol. The second-order valence-electron chi connectivity index (χ2n) is 4.42. The van der Waals surface area contributed by atoms with E-state index in [-0.39, 0.29) is 30.8 Å². The topological polar surface area (TPSA) is 77.8 Å². The van der Waals surface area contributed by atoms with Crippen molar-refractivity contribution in [2.75, 3.05) is 13.2 Å². The van der Waals surface area contributed by atoms with Crippen LogP contribution >= 0.6 is 0 Å². The Hall–Kier alpha value is -1.10. The van der Waals surface area contributed by atoms with Gasteiger partial charge in [0.05, 0.1) is 0 Å². The van der Waals surface area contributed by atoms with E-state index in [1.807, 2.05) is 0 Å². The van der Waals surface area contributed by atoms with Crippen molar-refractivity contribution in [3.63, 3.8) is 0 Å². The van der Waals surface area contributed by atoms with Crippen molar-refractivity contribution >= 4 is 11.9 Å². The van der Waals surface area contributed by atoms with Gasteiger partial charge in [0, 0.05) is 25.5 Å². The van der Waals surface area contributed by atoms with Crippen molar-refractivity contribution in [1.29, 1.82) is 0 Å². The van der Waals surface area contributed by atoms with E-state index in [2.05, 4.69) is 0 Å². The minimum atomic E-state index is -0.913. The molecule has 0 bridgehead atoms. The number of likely N-dealkylation sites (tertiary alicyclic amines) is 1. The van der Waals surface area contributed by atoms with Crippen LogP contribution in [0, 0.1) is 11.8 Å². The number of carboxylic acid groups (broad SMARTS) is 1. The smallest absolute Gasteiger partial charge is 0.326 e. The number of aliphatic hydroxyl groups is 1. The van der Waals surface area contributed by atoms with Crippen LogP contribution in [0.2, 0.25) is 0 Å². The van der Waals surface area contributed by atoms with Crippen LogP contribution in [0.1, 0.15) is 19.3 Å². The fourth-order valence-electron chi connectivity index (χ4n) is 2.20. The molecule has 0 radical (unpaired) electrons. The summed E-state index contributed by atoms with van der Waals surface area (Å²) in [5.41, 5.74) is 0. The Balaban J connectivity index is 2.07. The lowest BCUT2D eigenvalue weighted by atomic mass is 10.1. The molecule has 1 unspecified atom stereocenters. The molecule has 1 amide bonds. The highest BCUT2D eigenvalue weighted by Crippen LogP contribution is 2.37. The van der Waals surface area contributed by atoms with Gasteiger partial charge in [-0.2, -0.15) is 0 Å². The van der Waals surface area contributed by atoms with Crippen LogP contribution in [-0.2, 0) is 9.59 Å². The molecule has 1 aliphatic heterocycles. The van der Waals surface area contributed by atoms with E-state index >= 15 is 0 Å². The first-order valence-electron chi connectivity index (χ1n) is 5.26. The number of amides is 1. The number of aliphatic hydroxyl groups excluding tert-OH is 1. The molecular weight excluding hydrogens is 198 g/mol. The predicted molar refractivity (Wildman–Crippen MR) is 51.1 cm³/mol. The molecule has 1 saturated carbocycles. The van der Waals surface area contributed by atoms with Crippen molar-refractivity contribution in [2.45, 2.75) is 25.3 Å². The minimum absolute atomic E-state index is 0.0424. The Morgan fingerprint density at radius 1 is 1.53 bits per heavy atom. The van der Waals surface area contributed by atoms with Gasteiger partial charge in [-0.15, -0.1) is 0 Å². The highest BCUT2D eigenvalue weighted by molar-refractivity contribution is 5.85. The standard InChI is InChI=1S/C10H15NO4/c12-5-6-3-8(13)11(4-6)9(10(14)15)7-1-2-7/h6-7,9,12H,1-5H2,(H,14,15)/t6?,9-/m0/s1. The predicted octanol–water partition coefficient (Wildman–Crippen LogP) is -0.310. The highest BCUT2D eigenvalue weighted by Gasteiger charge is 2.45. The lowest BCUT2D eigenvalue weighted by molar-refractivity contribution is -0.149. The molecule has 1 saturated heterocycles. The van der Waals surface area contributed by atoms with Crippen LogP contribution in [-0.4, -0.2) is 46.2 Å². The number of nitrogens with zero attached hydrogens (tertiary/aromatic N) is 1. The van der Waals surface area contributed by atoms with Crippen molar-refractivity contribution < 1.29 is 19.8 Å². The van der Waals surface area contributed by atoms with Gasteiger partial charge in [-0.1, -0.05) is 0 Å². The summed E-state index contributed by atoms with van der Waals surface area (Å²) in [6.07, 6.45) is 2.07.